The van der Waals surface area contributed by atoms with Crippen LogP contribution in [0.2, 0.25) is 0 Å². The minimum Gasteiger partial charge on any atom is -0.460 e. The second-order valence-corrected chi connectivity index (χ2v) is 5.66. The van der Waals surface area contributed by atoms with Gasteiger partial charge in [0.05, 0.1) is 12.1 Å². The fourth-order valence-corrected chi connectivity index (χ4v) is 2.31. The normalized spacial score (nSPS) is 11.4. The molecule has 0 radical (unpaired) electrons. The van der Waals surface area contributed by atoms with E-state index < -0.39 is 0 Å². The van der Waals surface area contributed by atoms with Crippen molar-refractivity contribution in [3.8, 4) is 11.3 Å². The standard InChI is InChI=1S/C18H20N2O/c1-12(2)19-11-16-7-9-18(21-16)15-6-8-17-14(10-15)5-4-13(3)20-17/h4-10,12,19H,11H2,1-3H3. The summed E-state index contributed by atoms with van der Waals surface area (Å²) >= 11 is 0. The SMILES string of the molecule is Cc1ccc2cc(-c3ccc(CNC(C)C)o3)ccc2n1. The Morgan fingerprint density at radius 3 is 2.76 bits per heavy atom. The number of nitrogens with one attached hydrogen (secondary N) is 1. The zero-order valence-electron chi connectivity index (χ0n) is 12.7. The molecule has 3 aromatic rings. The summed E-state index contributed by atoms with van der Waals surface area (Å²) in [6.45, 7) is 7.02. The Morgan fingerprint density at radius 1 is 1.10 bits per heavy atom. The van der Waals surface area contributed by atoms with Crippen LogP contribution in [0, 0.1) is 6.92 Å². The number of furan rings is 1. The van der Waals surface area contributed by atoms with Gasteiger partial charge in [0.2, 0.25) is 0 Å². The molecule has 1 aromatic carbocycles. The molecule has 0 aliphatic rings. The zero-order chi connectivity index (χ0) is 14.8. The molecule has 0 aliphatic heterocycles. The van der Waals surface area contributed by atoms with Gasteiger partial charge in [-0.25, -0.2) is 0 Å². The molecule has 3 rings (SSSR count). The summed E-state index contributed by atoms with van der Waals surface area (Å²) in [5.74, 6) is 1.86. The van der Waals surface area contributed by atoms with E-state index in [0.29, 0.717) is 6.04 Å². The monoisotopic (exact) mass is 280 g/mol. The van der Waals surface area contributed by atoms with Crippen molar-refractivity contribution in [2.24, 2.45) is 0 Å². The van der Waals surface area contributed by atoms with Crippen LogP contribution < -0.4 is 5.32 Å². The molecular weight excluding hydrogens is 260 g/mol. The van der Waals surface area contributed by atoms with Crippen molar-refractivity contribution in [3.63, 3.8) is 0 Å². The highest BCUT2D eigenvalue weighted by atomic mass is 16.3. The highest BCUT2D eigenvalue weighted by Gasteiger charge is 2.06. The van der Waals surface area contributed by atoms with E-state index in [2.05, 4.69) is 42.3 Å². The number of nitrogens with zero attached hydrogens (tertiary/aromatic N) is 1. The lowest BCUT2D eigenvalue weighted by Crippen LogP contribution is -2.21. The Bertz CT molecular complexity index is 759. The van der Waals surface area contributed by atoms with Crippen LogP contribution in [0.4, 0.5) is 0 Å². The van der Waals surface area contributed by atoms with Gasteiger partial charge in [0, 0.05) is 22.7 Å². The van der Waals surface area contributed by atoms with Crippen molar-refractivity contribution in [1.82, 2.24) is 10.3 Å². The van der Waals surface area contributed by atoms with E-state index in [1.807, 2.05) is 31.2 Å². The van der Waals surface area contributed by atoms with E-state index in [1.165, 1.54) is 0 Å². The highest BCUT2D eigenvalue weighted by Crippen LogP contribution is 2.25. The first-order chi connectivity index (χ1) is 10.1. The van der Waals surface area contributed by atoms with Crippen LogP contribution >= 0.6 is 0 Å². The number of benzene rings is 1. The Morgan fingerprint density at radius 2 is 1.95 bits per heavy atom. The van der Waals surface area contributed by atoms with Crippen molar-refractivity contribution in [1.29, 1.82) is 0 Å². The summed E-state index contributed by atoms with van der Waals surface area (Å²) in [6.07, 6.45) is 0. The van der Waals surface area contributed by atoms with Gasteiger partial charge in [-0.1, -0.05) is 19.9 Å². The largest absolute Gasteiger partial charge is 0.460 e. The average molecular weight is 280 g/mol. The predicted octanol–water partition coefficient (Wildman–Crippen LogP) is 4.30. The topological polar surface area (TPSA) is 38.1 Å². The summed E-state index contributed by atoms with van der Waals surface area (Å²) in [5.41, 5.74) is 3.14. The fraction of sp³-hybridized carbons (Fsp3) is 0.278. The van der Waals surface area contributed by atoms with Crippen LogP contribution in [0.25, 0.3) is 22.2 Å². The number of hydrogen-bond acceptors (Lipinski definition) is 3. The van der Waals surface area contributed by atoms with Crippen molar-refractivity contribution >= 4 is 10.9 Å². The molecule has 0 bridgehead atoms. The number of aryl methyl sites for hydroxylation is 1. The lowest BCUT2D eigenvalue weighted by Gasteiger charge is -2.05. The molecule has 0 unspecified atom stereocenters. The molecule has 2 aromatic heterocycles. The second kappa shape index (κ2) is 5.70. The maximum Gasteiger partial charge on any atom is 0.134 e. The van der Waals surface area contributed by atoms with E-state index >= 15 is 0 Å². The van der Waals surface area contributed by atoms with Crippen molar-refractivity contribution in [3.05, 3.63) is 53.9 Å². The smallest absolute Gasteiger partial charge is 0.134 e. The van der Waals surface area contributed by atoms with Gasteiger partial charge in [-0.05, 0) is 43.3 Å². The summed E-state index contributed by atoms with van der Waals surface area (Å²) in [5, 5.41) is 4.49. The first-order valence-electron chi connectivity index (χ1n) is 7.32. The molecule has 2 heterocycles. The third kappa shape index (κ3) is 3.14. The minimum absolute atomic E-state index is 0.452. The van der Waals surface area contributed by atoms with Crippen LogP contribution in [0.3, 0.4) is 0 Å². The van der Waals surface area contributed by atoms with Gasteiger partial charge in [0.15, 0.2) is 0 Å². The first-order valence-corrected chi connectivity index (χ1v) is 7.32. The Labute approximate surface area is 125 Å². The second-order valence-electron chi connectivity index (χ2n) is 5.66. The Kier molecular flexibility index (Phi) is 3.76. The molecule has 21 heavy (non-hydrogen) atoms. The van der Waals surface area contributed by atoms with Crippen LogP contribution in [0.1, 0.15) is 25.3 Å². The molecule has 1 N–H and O–H groups in total. The third-order valence-electron chi connectivity index (χ3n) is 3.46. The quantitative estimate of drug-likeness (QED) is 0.774. The van der Waals surface area contributed by atoms with E-state index in [0.717, 1.165) is 40.2 Å². The summed E-state index contributed by atoms with van der Waals surface area (Å²) in [7, 11) is 0. The van der Waals surface area contributed by atoms with Crippen LogP contribution in [0.15, 0.2) is 46.9 Å². The number of rotatable bonds is 4. The maximum atomic E-state index is 5.91. The van der Waals surface area contributed by atoms with Crippen molar-refractivity contribution < 1.29 is 4.42 Å². The van der Waals surface area contributed by atoms with Crippen molar-refractivity contribution in [2.75, 3.05) is 0 Å². The van der Waals surface area contributed by atoms with Gasteiger partial charge in [-0.3, -0.25) is 4.98 Å². The number of aromatic nitrogens is 1. The van der Waals surface area contributed by atoms with Crippen LogP contribution in [-0.4, -0.2) is 11.0 Å². The predicted molar refractivity (Wildman–Crippen MR) is 86.2 cm³/mol. The number of fused-ring (bicyclic) bond motifs is 1. The van der Waals surface area contributed by atoms with Gasteiger partial charge in [-0.2, -0.15) is 0 Å². The summed E-state index contributed by atoms with van der Waals surface area (Å²) in [4.78, 5) is 4.52. The number of pyridine rings is 1. The molecule has 0 atom stereocenters. The van der Waals surface area contributed by atoms with Gasteiger partial charge in [-0.15, -0.1) is 0 Å². The molecular formula is C18H20N2O. The Balaban J connectivity index is 1.88. The third-order valence-corrected chi connectivity index (χ3v) is 3.46. The van der Waals surface area contributed by atoms with Crippen LogP contribution in [-0.2, 0) is 6.54 Å². The molecule has 108 valence electrons. The van der Waals surface area contributed by atoms with E-state index in [4.69, 9.17) is 4.42 Å². The van der Waals surface area contributed by atoms with Crippen LogP contribution in [0.5, 0.6) is 0 Å². The zero-order valence-corrected chi connectivity index (χ0v) is 12.7. The molecule has 3 nitrogen and oxygen atoms in total. The lowest BCUT2D eigenvalue weighted by atomic mass is 10.1. The molecule has 0 saturated heterocycles. The van der Waals surface area contributed by atoms with E-state index in [9.17, 15) is 0 Å². The summed E-state index contributed by atoms with van der Waals surface area (Å²) < 4.78 is 5.91. The molecule has 0 spiro atoms. The Hall–Kier alpha value is -2.13. The van der Waals surface area contributed by atoms with Gasteiger partial charge in [0.1, 0.15) is 11.5 Å². The van der Waals surface area contributed by atoms with Gasteiger partial charge in [0.25, 0.3) is 0 Å². The average Bonchev–Trinajstić information content (AvgIpc) is 2.93. The van der Waals surface area contributed by atoms with Gasteiger partial charge >= 0.3 is 0 Å². The molecule has 0 saturated carbocycles. The summed E-state index contributed by atoms with van der Waals surface area (Å²) in [6, 6.07) is 14.9. The molecule has 3 heteroatoms. The first kappa shape index (κ1) is 13.8. The van der Waals surface area contributed by atoms with E-state index in [-0.39, 0.29) is 0 Å². The minimum atomic E-state index is 0.452. The highest BCUT2D eigenvalue weighted by molar-refractivity contribution is 5.83. The lowest BCUT2D eigenvalue weighted by molar-refractivity contribution is 0.473. The number of hydrogen-bond donors (Lipinski definition) is 1. The van der Waals surface area contributed by atoms with Crippen molar-refractivity contribution in [2.45, 2.75) is 33.4 Å². The maximum absolute atomic E-state index is 5.91. The van der Waals surface area contributed by atoms with E-state index in [1.54, 1.807) is 0 Å². The molecule has 0 aliphatic carbocycles. The van der Waals surface area contributed by atoms with Gasteiger partial charge < -0.3 is 9.73 Å². The molecule has 0 fully saturated rings. The fourth-order valence-electron chi connectivity index (χ4n) is 2.31. The molecule has 0 amide bonds.